The van der Waals surface area contributed by atoms with Gasteiger partial charge in [-0.05, 0) is 26.0 Å². The van der Waals surface area contributed by atoms with Crippen LogP contribution in [0.4, 0.5) is 13.2 Å². The number of aryl methyl sites for hydroxylation is 1. The van der Waals surface area contributed by atoms with Crippen molar-refractivity contribution < 1.29 is 17.6 Å². The number of hydrogen-bond donors (Lipinski definition) is 2. The molecule has 2 aromatic heterocycles. The molecule has 132 valence electrons. The molecule has 0 fully saturated rings. The van der Waals surface area contributed by atoms with Crippen LogP contribution in [-0.4, -0.2) is 24.5 Å². The van der Waals surface area contributed by atoms with Gasteiger partial charge in [0.2, 0.25) is 0 Å². The summed E-state index contributed by atoms with van der Waals surface area (Å²) in [5, 5.41) is 7.68. The van der Waals surface area contributed by atoms with E-state index in [0.717, 1.165) is 28.2 Å². The first-order valence-corrected chi connectivity index (χ1v) is 8.22. The highest BCUT2D eigenvalue weighted by Crippen LogP contribution is 2.30. The summed E-state index contributed by atoms with van der Waals surface area (Å²) in [5.74, 6) is 2.15. The molecule has 2 N–H and O–H groups in total. The molecule has 0 aliphatic carbocycles. The average Bonchev–Trinajstić information content (AvgIpc) is 3.14. The molecule has 0 amide bonds. The van der Waals surface area contributed by atoms with E-state index in [9.17, 15) is 13.2 Å². The Labute approximate surface area is 142 Å². The zero-order valence-corrected chi connectivity index (χ0v) is 14.4. The molecule has 2 heterocycles. The third-order valence-electron chi connectivity index (χ3n) is 3.24. The largest absolute Gasteiger partial charge is 0.464 e. The second-order valence-electron chi connectivity index (χ2n) is 5.19. The Morgan fingerprint density at radius 1 is 1.42 bits per heavy atom. The van der Waals surface area contributed by atoms with Crippen molar-refractivity contribution in [3.05, 3.63) is 39.7 Å². The van der Waals surface area contributed by atoms with Crippen molar-refractivity contribution in [1.82, 2.24) is 15.6 Å². The van der Waals surface area contributed by atoms with Gasteiger partial charge in [0.1, 0.15) is 11.5 Å². The van der Waals surface area contributed by atoms with Crippen LogP contribution in [0.5, 0.6) is 0 Å². The molecule has 0 saturated heterocycles. The molecule has 0 aliphatic rings. The number of nitrogens with zero attached hydrogens (tertiary/aromatic N) is 2. The van der Waals surface area contributed by atoms with E-state index in [1.54, 1.807) is 7.05 Å². The van der Waals surface area contributed by atoms with Gasteiger partial charge in [-0.1, -0.05) is 0 Å². The van der Waals surface area contributed by atoms with Gasteiger partial charge in [-0.25, -0.2) is 4.98 Å². The van der Waals surface area contributed by atoms with Gasteiger partial charge < -0.3 is 15.1 Å². The maximum Gasteiger partial charge on any atom is 0.434 e. The molecule has 1 atom stereocenters. The maximum atomic E-state index is 12.5. The van der Waals surface area contributed by atoms with Gasteiger partial charge in [0.15, 0.2) is 11.7 Å². The van der Waals surface area contributed by atoms with Crippen molar-refractivity contribution in [1.29, 1.82) is 0 Å². The minimum absolute atomic E-state index is 0.0819. The molecule has 24 heavy (non-hydrogen) atoms. The van der Waals surface area contributed by atoms with Crippen LogP contribution in [-0.2, 0) is 12.6 Å². The van der Waals surface area contributed by atoms with Crippen LogP contribution in [0.25, 0.3) is 0 Å². The predicted molar refractivity (Wildman–Crippen MR) is 87.2 cm³/mol. The van der Waals surface area contributed by atoms with E-state index in [4.69, 9.17) is 4.42 Å². The highest BCUT2D eigenvalue weighted by atomic mass is 32.1. The minimum Gasteiger partial charge on any atom is -0.464 e. The lowest BCUT2D eigenvalue weighted by molar-refractivity contribution is -0.140. The fourth-order valence-corrected chi connectivity index (χ4v) is 2.81. The smallest absolute Gasteiger partial charge is 0.434 e. The SMILES string of the molecule is CN=C(NCCc1nc(C(F)(F)F)cs1)NC(C)c1ccc(C)o1. The van der Waals surface area contributed by atoms with Crippen molar-refractivity contribution in [3.8, 4) is 0 Å². The van der Waals surface area contributed by atoms with Crippen molar-refractivity contribution in [2.24, 2.45) is 4.99 Å². The Morgan fingerprint density at radius 3 is 2.71 bits per heavy atom. The monoisotopic (exact) mass is 360 g/mol. The zero-order chi connectivity index (χ0) is 17.7. The molecule has 1 unspecified atom stereocenters. The molecule has 2 rings (SSSR count). The van der Waals surface area contributed by atoms with Crippen molar-refractivity contribution in [2.75, 3.05) is 13.6 Å². The lowest BCUT2D eigenvalue weighted by Crippen LogP contribution is -2.39. The maximum absolute atomic E-state index is 12.5. The molecule has 0 spiro atoms. The zero-order valence-electron chi connectivity index (χ0n) is 13.6. The number of halogens is 3. The van der Waals surface area contributed by atoms with E-state index in [0.29, 0.717) is 23.9 Å². The van der Waals surface area contributed by atoms with Crippen LogP contribution < -0.4 is 10.6 Å². The van der Waals surface area contributed by atoms with Gasteiger partial charge in [0.05, 0.1) is 11.0 Å². The topological polar surface area (TPSA) is 62.5 Å². The third-order valence-corrected chi connectivity index (χ3v) is 4.15. The average molecular weight is 360 g/mol. The molecule has 0 radical (unpaired) electrons. The van der Waals surface area contributed by atoms with E-state index in [-0.39, 0.29) is 6.04 Å². The van der Waals surface area contributed by atoms with Gasteiger partial charge in [0, 0.05) is 25.4 Å². The summed E-state index contributed by atoms with van der Waals surface area (Å²) in [7, 11) is 1.63. The molecule has 0 saturated carbocycles. The van der Waals surface area contributed by atoms with Gasteiger partial charge in [-0.15, -0.1) is 11.3 Å². The molecule has 0 aromatic carbocycles. The molecule has 0 aliphatic heterocycles. The standard InChI is InChI=1S/C15H19F3N4OS/c1-9-4-5-11(23-9)10(2)21-14(19-3)20-7-6-13-22-12(8-24-13)15(16,17)18/h4-5,8,10H,6-7H2,1-3H3,(H2,19,20,21). The quantitative estimate of drug-likeness (QED) is 0.632. The Kier molecular flexibility index (Phi) is 5.87. The summed E-state index contributed by atoms with van der Waals surface area (Å²) in [6, 6.07) is 3.68. The minimum atomic E-state index is -4.39. The molecular weight excluding hydrogens is 341 g/mol. The van der Waals surface area contributed by atoms with Gasteiger partial charge in [-0.2, -0.15) is 13.2 Å². The highest BCUT2D eigenvalue weighted by Gasteiger charge is 2.33. The van der Waals surface area contributed by atoms with E-state index in [1.807, 2.05) is 26.0 Å². The van der Waals surface area contributed by atoms with Gasteiger partial charge in [-0.3, -0.25) is 4.99 Å². The number of guanidine groups is 1. The summed E-state index contributed by atoms with van der Waals surface area (Å²) < 4.78 is 43.0. The number of aromatic nitrogens is 1. The summed E-state index contributed by atoms with van der Waals surface area (Å²) >= 11 is 1.00. The summed E-state index contributed by atoms with van der Waals surface area (Å²) in [5.41, 5.74) is -0.841. The first-order chi connectivity index (χ1) is 11.3. The molecule has 5 nitrogen and oxygen atoms in total. The number of alkyl halides is 3. The fourth-order valence-electron chi connectivity index (χ4n) is 2.00. The third kappa shape index (κ3) is 4.98. The van der Waals surface area contributed by atoms with Crippen molar-refractivity contribution in [3.63, 3.8) is 0 Å². The summed E-state index contributed by atoms with van der Waals surface area (Å²) in [6.07, 6.45) is -4.01. The Morgan fingerprint density at radius 2 is 2.17 bits per heavy atom. The second kappa shape index (κ2) is 7.69. The van der Waals surface area contributed by atoms with Crippen LogP contribution in [0.1, 0.15) is 35.2 Å². The van der Waals surface area contributed by atoms with E-state index in [1.165, 1.54) is 0 Å². The van der Waals surface area contributed by atoms with E-state index in [2.05, 4.69) is 20.6 Å². The second-order valence-corrected chi connectivity index (χ2v) is 6.13. The first-order valence-electron chi connectivity index (χ1n) is 7.34. The number of hydrogen-bond acceptors (Lipinski definition) is 4. The molecular formula is C15H19F3N4OS. The van der Waals surface area contributed by atoms with Gasteiger partial charge >= 0.3 is 6.18 Å². The number of furan rings is 1. The van der Waals surface area contributed by atoms with Crippen LogP contribution in [0.3, 0.4) is 0 Å². The van der Waals surface area contributed by atoms with Crippen molar-refractivity contribution >= 4 is 17.3 Å². The van der Waals surface area contributed by atoms with E-state index >= 15 is 0 Å². The number of rotatable bonds is 5. The number of aliphatic imine (C=N–C) groups is 1. The van der Waals surface area contributed by atoms with Gasteiger partial charge in [0.25, 0.3) is 0 Å². The van der Waals surface area contributed by atoms with Crippen LogP contribution in [0, 0.1) is 6.92 Å². The summed E-state index contributed by atoms with van der Waals surface area (Å²) in [6.45, 7) is 4.22. The van der Waals surface area contributed by atoms with Crippen LogP contribution in [0.2, 0.25) is 0 Å². The highest BCUT2D eigenvalue weighted by molar-refractivity contribution is 7.09. The number of nitrogens with one attached hydrogen (secondary N) is 2. The van der Waals surface area contributed by atoms with Crippen LogP contribution >= 0.6 is 11.3 Å². The van der Waals surface area contributed by atoms with E-state index < -0.39 is 11.9 Å². The molecule has 2 aromatic rings. The lowest BCUT2D eigenvalue weighted by Gasteiger charge is -2.16. The van der Waals surface area contributed by atoms with Crippen molar-refractivity contribution in [2.45, 2.75) is 32.5 Å². The number of thiazole rings is 1. The Balaban J connectivity index is 1.82. The summed E-state index contributed by atoms with van der Waals surface area (Å²) in [4.78, 5) is 7.69. The molecule has 0 bridgehead atoms. The normalized spacial score (nSPS) is 13.8. The van der Waals surface area contributed by atoms with Crippen LogP contribution in [0.15, 0.2) is 26.9 Å². The lowest BCUT2D eigenvalue weighted by atomic mass is 10.2. The predicted octanol–water partition coefficient (Wildman–Crippen LogP) is 3.53. The Bertz CT molecular complexity index is 693. The molecule has 9 heteroatoms. The fraction of sp³-hybridized carbons (Fsp3) is 0.467. The Hall–Kier alpha value is -2.03. The first kappa shape index (κ1) is 18.3.